The van der Waals surface area contributed by atoms with Gasteiger partial charge in [0.15, 0.2) is 11.5 Å². The molecule has 0 fully saturated rings. The lowest BCUT2D eigenvalue weighted by Crippen LogP contribution is -2.32. The SMILES string of the molecule is CN1c2ccc(NC(=O)NCc3ccc4c(c3)OCO4)cc2N(C)S1(=O)=O. The molecule has 2 amide bonds. The van der Waals surface area contributed by atoms with Gasteiger partial charge < -0.3 is 20.1 Å². The van der Waals surface area contributed by atoms with Gasteiger partial charge in [0.1, 0.15) is 0 Å². The molecule has 2 aromatic rings. The highest BCUT2D eigenvalue weighted by molar-refractivity contribution is 7.94. The van der Waals surface area contributed by atoms with E-state index in [4.69, 9.17) is 9.47 Å². The minimum atomic E-state index is -3.54. The van der Waals surface area contributed by atoms with Crippen molar-refractivity contribution >= 4 is 33.3 Å². The van der Waals surface area contributed by atoms with Gasteiger partial charge in [-0.1, -0.05) is 6.07 Å². The standard InChI is InChI=1S/C17H18N4O5S/c1-20-13-5-4-12(8-14(13)21(2)27(20,23)24)19-17(22)18-9-11-3-6-15-16(7-11)26-10-25-15/h3-8H,9-10H2,1-2H3,(H2,18,19,22). The zero-order valence-corrected chi connectivity index (χ0v) is 15.5. The molecule has 2 aromatic carbocycles. The molecule has 2 aliphatic rings. The van der Waals surface area contributed by atoms with Gasteiger partial charge in [0, 0.05) is 26.3 Å². The van der Waals surface area contributed by atoms with Crippen molar-refractivity contribution in [1.29, 1.82) is 0 Å². The summed E-state index contributed by atoms with van der Waals surface area (Å²) < 4.78 is 37.3. The van der Waals surface area contributed by atoms with Crippen molar-refractivity contribution in [1.82, 2.24) is 5.32 Å². The van der Waals surface area contributed by atoms with E-state index in [0.29, 0.717) is 35.1 Å². The van der Waals surface area contributed by atoms with Crippen molar-refractivity contribution in [3.63, 3.8) is 0 Å². The Bertz CT molecular complexity index is 1020. The summed E-state index contributed by atoms with van der Waals surface area (Å²) in [5, 5.41) is 5.46. The second-order valence-electron chi connectivity index (χ2n) is 6.14. The topological polar surface area (TPSA) is 100 Å². The van der Waals surface area contributed by atoms with Gasteiger partial charge >= 0.3 is 16.2 Å². The average molecular weight is 390 g/mol. The van der Waals surface area contributed by atoms with Crippen molar-refractivity contribution < 1.29 is 22.7 Å². The number of anilines is 3. The van der Waals surface area contributed by atoms with Crippen LogP contribution in [0, 0.1) is 0 Å². The predicted molar refractivity (Wildman–Crippen MR) is 101 cm³/mol. The number of rotatable bonds is 3. The zero-order valence-electron chi connectivity index (χ0n) is 14.7. The van der Waals surface area contributed by atoms with E-state index < -0.39 is 16.2 Å². The Kier molecular flexibility index (Phi) is 3.99. The third kappa shape index (κ3) is 2.97. The number of amides is 2. The number of nitrogens with zero attached hydrogens (tertiary/aromatic N) is 2. The number of ether oxygens (including phenoxy) is 2. The Balaban J connectivity index is 1.41. The summed E-state index contributed by atoms with van der Waals surface area (Å²) >= 11 is 0. The Morgan fingerprint density at radius 2 is 1.78 bits per heavy atom. The van der Waals surface area contributed by atoms with E-state index in [1.807, 2.05) is 12.1 Å². The monoisotopic (exact) mass is 390 g/mol. The summed E-state index contributed by atoms with van der Waals surface area (Å²) in [4.78, 5) is 12.2. The molecule has 0 saturated heterocycles. The van der Waals surface area contributed by atoms with E-state index in [1.54, 1.807) is 24.3 Å². The molecule has 0 unspecified atom stereocenters. The van der Waals surface area contributed by atoms with Crippen molar-refractivity contribution in [3.8, 4) is 11.5 Å². The average Bonchev–Trinajstić information content (AvgIpc) is 3.18. The highest BCUT2D eigenvalue weighted by atomic mass is 32.2. The fourth-order valence-corrected chi connectivity index (χ4v) is 4.13. The lowest BCUT2D eigenvalue weighted by Gasteiger charge is -2.13. The fraction of sp³-hybridized carbons (Fsp3) is 0.235. The first-order chi connectivity index (χ1) is 12.9. The van der Waals surface area contributed by atoms with Crippen molar-refractivity contribution in [2.45, 2.75) is 6.54 Å². The van der Waals surface area contributed by atoms with Gasteiger partial charge in [-0.3, -0.25) is 8.61 Å². The first-order valence-corrected chi connectivity index (χ1v) is 9.56. The second-order valence-corrected chi connectivity index (χ2v) is 8.13. The Morgan fingerprint density at radius 1 is 1.04 bits per heavy atom. The van der Waals surface area contributed by atoms with E-state index in [1.165, 1.54) is 22.7 Å². The Hall–Kier alpha value is -3.14. The van der Waals surface area contributed by atoms with Crippen LogP contribution < -0.4 is 28.7 Å². The molecule has 4 rings (SSSR count). The van der Waals surface area contributed by atoms with Crippen LogP contribution in [0.4, 0.5) is 21.9 Å². The third-order valence-electron chi connectivity index (χ3n) is 4.49. The first kappa shape index (κ1) is 17.3. The maximum absolute atomic E-state index is 12.2. The molecular weight excluding hydrogens is 372 g/mol. The van der Waals surface area contributed by atoms with Gasteiger partial charge in [-0.15, -0.1) is 0 Å². The van der Waals surface area contributed by atoms with Crippen LogP contribution in [0.15, 0.2) is 36.4 Å². The van der Waals surface area contributed by atoms with Crippen LogP contribution in [0.3, 0.4) is 0 Å². The number of carbonyl (C=O) groups excluding carboxylic acids is 1. The molecule has 0 saturated carbocycles. The lowest BCUT2D eigenvalue weighted by molar-refractivity contribution is 0.174. The summed E-state index contributed by atoms with van der Waals surface area (Å²) in [5.74, 6) is 1.34. The van der Waals surface area contributed by atoms with Gasteiger partial charge in [0.05, 0.1) is 11.4 Å². The molecule has 0 radical (unpaired) electrons. The van der Waals surface area contributed by atoms with Gasteiger partial charge in [0.25, 0.3) is 0 Å². The lowest BCUT2D eigenvalue weighted by atomic mass is 10.2. The van der Waals surface area contributed by atoms with E-state index in [9.17, 15) is 13.2 Å². The Morgan fingerprint density at radius 3 is 2.59 bits per heavy atom. The van der Waals surface area contributed by atoms with Gasteiger partial charge in [-0.25, -0.2) is 4.79 Å². The van der Waals surface area contributed by atoms with Crippen molar-refractivity contribution in [3.05, 3.63) is 42.0 Å². The molecule has 2 heterocycles. The van der Waals surface area contributed by atoms with E-state index in [0.717, 1.165) is 5.56 Å². The summed E-state index contributed by atoms with van der Waals surface area (Å²) in [6, 6.07) is 9.99. The summed E-state index contributed by atoms with van der Waals surface area (Å²) in [6.07, 6.45) is 0. The summed E-state index contributed by atoms with van der Waals surface area (Å²) in [5.41, 5.74) is 2.43. The van der Waals surface area contributed by atoms with Crippen LogP contribution in [-0.2, 0) is 16.8 Å². The van der Waals surface area contributed by atoms with E-state index in [2.05, 4.69) is 10.6 Å². The third-order valence-corrected chi connectivity index (χ3v) is 6.27. The number of urea groups is 1. The van der Waals surface area contributed by atoms with Crippen LogP contribution in [0.25, 0.3) is 0 Å². The molecule has 9 nitrogen and oxygen atoms in total. The maximum Gasteiger partial charge on any atom is 0.326 e. The zero-order chi connectivity index (χ0) is 19.2. The molecular formula is C17H18N4O5S. The van der Waals surface area contributed by atoms with Crippen molar-refractivity contribution in [2.75, 3.05) is 34.8 Å². The highest BCUT2D eigenvalue weighted by Crippen LogP contribution is 2.40. The smallest absolute Gasteiger partial charge is 0.326 e. The van der Waals surface area contributed by atoms with E-state index in [-0.39, 0.29) is 6.79 Å². The number of benzene rings is 2. The van der Waals surface area contributed by atoms with Crippen LogP contribution in [0.5, 0.6) is 11.5 Å². The minimum Gasteiger partial charge on any atom is -0.454 e. The van der Waals surface area contributed by atoms with Crippen LogP contribution in [0.1, 0.15) is 5.56 Å². The van der Waals surface area contributed by atoms with Crippen LogP contribution >= 0.6 is 0 Å². The molecule has 0 spiro atoms. The largest absolute Gasteiger partial charge is 0.454 e. The highest BCUT2D eigenvalue weighted by Gasteiger charge is 2.35. The molecule has 0 bridgehead atoms. The molecule has 27 heavy (non-hydrogen) atoms. The summed E-state index contributed by atoms with van der Waals surface area (Å²) in [7, 11) is -0.581. The minimum absolute atomic E-state index is 0.199. The summed E-state index contributed by atoms with van der Waals surface area (Å²) in [6.45, 7) is 0.509. The molecule has 2 N–H and O–H groups in total. The maximum atomic E-state index is 12.2. The quantitative estimate of drug-likeness (QED) is 0.833. The number of nitrogens with one attached hydrogen (secondary N) is 2. The molecule has 0 aromatic heterocycles. The van der Waals surface area contributed by atoms with Gasteiger partial charge in [-0.05, 0) is 35.9 Å². The van der Waals surface area contributed by atoms with Crippen LogP contribution in [0.2, 0.25) is 0 Å². The molecule has 2 aliphatic heterocycles. The number of hydrogen-bond acceptors (Lipinski definition) is 5. The normalized spacial score (nSPS) is 16.2. The Labute approximate surface area is 156 Å². The van der Waals surface area contributed by atoms with Crippen molar-refractivity contribution in [2.24, 2.45) is 0 Å². The molecule has 0 aliphatic carbocycles. The molecule has 142 valence electrons. The number of fused-ring (bicyclic) bond motifs is 2. The molecule has 10 heteroatoms. The predicted octanol–water partition coefficient (Wildman–Crippen LogP) is 1.87. The van der Waals surface area contributed by atoms with Gasteiger partial charge in [-0.2, -0.15) is 8.42 Å². The van der Waals surface area contributed by atoms with Gasteiger partial charge in [0.2, 0.25) is 6.79 Å². The van der Waals surface area contributed by atoms with E-state index >= 15 is 0 Å². The first-order valence-electron chi connectivity index (χ1n) is 8.16. The molecule has 0 atom stereocenters. The fourth-order valence-electron chi connectivity index (χ4n) is 2.96. The second kappa shape index (κ2) is 6.23. The number of carbonyl (C=O) groups is 1. The number of hydrogen-bond donors (Lipinski definition) is 2. The van der Waals surface area contributed by atoms with Crippen LogP contribution in [-0.4, -0.2) is 35.3 Å².